The number of methoxy groups -OCH3 is 1. The van der Waals surface area contributed by atoms with E-state index in [-0.39, 0.29) is 30.0 Å². The maximum atomic E-state index is 12.5. The van der Waals surface area contributed by atoms with Crippen LogP contribution in [0.4, 0.5) is 4.79 Å². The molecular formula is C17H27BrN4O4. The Hall–Kier alpha value is -1.61. The number of carbonyl (C=O) groups is 2. The van der Waals surface area contributed by atoms with E-state index in [1.54, 1.807) is 12.0 Å². The molecule has 0 spiro atoms. The van der Waals surface area contributed by atoms with Gasteiger partial charge in [0, 0.05) is 19.3 Å². The summed E-state index contributed by atoms with van der Waals surface area (Å²) in [5.41, 5.74) is 0.326. The molecule has 1 aliphatic heterocycles. The van der Waals surface area contributed by atoms with Crippen LogP contribution in [0.15, 0.2) is 4.60 Å². The average Bonchev–Trinajstić information content (AvgIpc) is 2.94. The Labute approximate surface area is 162 Å². The van der Waals surface area contributed by atoms with E-state index < -0.39 is 5.60 Å². The molecule has 2 N–H and O–H groups in total. The van der Waals surface area contributed by atoms with E-state index in [1.807, 2.05) is 27.7 Å². The van der Waals surface area contributed by atoms with Crippen molar-refractivity contribution in [1.29, 1.82) is 0 Å². The van der Waals surface area contributed by atoms with Crippen LogP contribution in [0.2, 0.25) is 0 Å². The van der Waals surface area contributed by atoms with Gasteiger partial charge in [-0.1, -0.05) is 6.92 Å². The number of likely N-dealkylation sites (tertiary alicyclic amines) is 1. The number of ether oxygens (including phenoxy) is 2. The van der Waals surface area contributed by atoms with Crippen LogP contribution < -0.4 is 5.32 Å². The van der Waals surface area contributed by atoms with Crippen LogP contribution in [0.25, 0.3) is 0 Å². The van der Waals surface area contributed by atoms with E-state index in [2.05, 4.69) is 31.2 Å². The molecular weight excluding hydrogens is 404 g/mol. The van der Waals surface area contributed by atoms with Gasteiger partial charge >= 0.3 is 6.09 Å². The third kappa shape index (κ3) is 5.20. The molecule has 2 amide bonds. The normalized spacial score (nSPS) is 20.8. The standard InChI is InChI=1S/C17H27BrN4O4/c1-6-10-13(18)21-14(19-10)15(23)20-11-7-8-22(9-12(11)25-5)16(24)26-17(2,3)4/h11-12H,6-9H2,1-5H3,(H,19,21)(H,20,23). The summed E-state index contributed by atoms with van der Waals surface area (Å²) in [7, 11) is 1.57. The molecule has 1 aliphatic rings. The summed E-state index contributed by atoms with van der Waals surface area (Å²) in [6.45, 7) is 8.32. The molecule has 0 aliphatic carbocycles. The Morgan fingerprint density at radius 2 is 2.12 bits per heavy atom. The average molecular weight is 431 g/mol. The van der Waals surface area contributed by atoms with Gasteiger partial charge in [-0.05, 0) is 49.5 Å². The van der Waals surface area contributed by atoms with Crippen LogP contribution in [-0.2, 0) is 15.9 Å². The molecule has 1 saturated heterocycles. The quantitative estimate of drug-likeness (QED) is 0.764. The maximum absolute atomic E-state index is 12.5. The molecule has 2 atom stereocenters. The number of amides is 2. The maximum Gasteiger partial charge on any atom is 0.410 e. The minimum Gasteiger partial charge on any atom is -0.444 e. The molecule has 9 heteroatoms. The van der Waals surface area contributed by atoms with E-state index in [1.165, 1.54) is 0 Å². The van der Waals surface area contributed by atoms with Gasteiger partial charge < -0.3 is 24.7 Å². The van der Waals surface area contributed by atoms with E-state index in [0.29, 0.717) is 24.1 Å². The molecule has 2 unspecified atom stereocenters. The summed E-state index contributed by atoms with van der Waals surface area (Å²) in [6, 6.07) is -0.208. The molecule has 2 rings (SSSR count). The molecule has 0 radical (unpaired) electrons. The third-order valence-electron chi connectivity index (χ3n) is 4.13. The highest BCUT2D eigenvalue weighted by Gasteiger charge is 2.35. The van der Waals surface area contributed by atoms with E-state index >= 15 is 0 Å². The predicted octanol–water partition coefficient (Wildman–Crippen LogP) is 2.49. The topological polar surface area (TPSA) is 96.6 Å². The summed E-state index contributed by atoms with van der Waals surface area (Å²) in [4.78, 5) is 33.5. The predicted molar refractivity (Wildman–Crippen MR) is 100 cm³/mol. The van der Waals surface area contributed by atoms with Gasteiger partial charge in [-0.15, -0.1) is 0 Å². The lowest BCUT2D eigenvalue weighted by Gasteiger charge is -2.38. The van der Waals surface area contributed by atoms with Crippen molar-refractivity contribution in [3.8, 4) is 0 Å². The van der Waals surface area contributed by atoms with Gasteiger partial charge in [-0.25, -0.2) is 9.78 Å². The SMILES string of the molecule is CCc1[nH]c(C(=O)NC2CCN(C(=O)OC(C)(C)C)CC2OC)nc1Br. The second-order valence-corrected chi connectivity index (χ2v) is 8.03. The number of rotatable bonds is 4. The van der Waals surface area contributed by atoms with Crippen molar-refractivity contribution >= 4 is 27.9 Å². The smallest absolute Gasteiger partial charge is 0.410 e. The molecule has 0 saturated carbocycles. The molecule has 1 aromatic rings. The lowest BCUT2D eigenvalue weighted by molar-refractivity contribution is -0.0172. The van der Waals surface area contributed by atoms with Crippen molar-refractivity contribution in [1.82, 2.24) is 20.2 Å². The highest BCUT2D eigenvalue weighted by atomic mass is 79.9. The molecule has 0 aromatic carbocycles. The fourth-order valence-electron chi connectivity index (χ4n) is 2.78. The molecule has 2 heterocycles. The summed E-state index contributed by atoms with van der Waals surface area (Å²) >= 11 is 3.34. The van der Waals surface area contributed by atoms with Crippen LogP contribution in [-0.4, -0.2) is 64.8 Å². The van der Waals surface area contributed by atoms with Crippen molar-refractivity contribution in [2.24, 2.45) is 0 Å². The van der Waals surface area contributed by atoms with Gasteiger partial charge in [0.15, 0.2) is 5.82 Å². The fraction of sp³-hybridized carbons (Fsp3) is 0.706. The second kappa shape index (κ2) is 8.39. The number of hydrogen-bond acceptors (Lipinski definition) is 5. The van der Waals surface area contributed by atoms with Gasteiger partial charge in [-0.2, -0.15) is 0 Å². The van der Waals surface area contributed by atoms with Crippen LogP contribution >= 0.6 is 15.9 Å². The zero-order valence-corrected chi connectivity index (χ0v) is 17.5. The monoisotopic (exact) mass is 430 g/mol. The number of aromatic amines is 1. The van der Waals surface area contributed by atoms with Crippen molar-refractivity contribution in [2.75, 3.05) is 20.2 Å². The number of nitrogens with zero attached hydrogens (tertiary/aromatic N) is 2. The number of H-pyrrole nitrogens is 1. The molecule has 146 valence electrons. The van der Waals surface area contributed by atoms with E-state index in [9.17, 15) is 9.59 Å². The number of aromatic nitrogens is 2. The number of nitrogens with one attached hydrogen (secondary N) is 2. The first-order valence-electron chi connectivity index (χ1n) is 8.70. The third-order valence-corrected chi connectivity index (χ3v) is 4.78. The summed E-state index contributed by atoms with van der Waals surface area (Å²) in [5, 5.41) is 2.95. The first kappa shape index (κ1) is 20.7. The van der Waals surface area contributed by atoms with Crippen LogP contribution in [0.3, 0.4) is 0 Å². The highest BCUT2D eigenvalue weighted by molar-refractivity contribution is 9.10. The van der Waals surface area contributed by atoms with Gasteiger partial charge in [0.1, 0.15) is 10.2 Å². The number of halogens is 1. The summed E-state index contributed by atoms with van der Waals surface area (Å²) in [5.74, 6) is -0.0266. The van der Waals surface area contributed by atoms with E-state index in [4.69, 9.17) is 9.47 Å². The molecule has 1 fully saturated rings. The van der Waals surface area contributed by atoms with Gasteiger partial charge in [0.25, 0.3) is 5.91 Å². The minimum absolute atomic E-state index is 0.208. The van der Waals surface area contributed by atoms with Crippen molar-refractivity contribution in [3.05, 3.63) is 16.1 Å². The Morgan fingerprint density at radius 1 is 1.42 bits per heavy atom. The van der Waals surface area contributed by atoms with E-state index in [0.717, 1.165) is 12.1 Å². The summed E-state index contributed by atoms with van der Waals surface area (Å²) < 4.78 is 11.6. The molecule has 26 heavy (non-hydrogen) atoms. The van der Waals surface area contributed by atoms with Crippen molar-refractivity contribution in [2.45, 2.75) is 58.3 Å². The Bertz CT molecular complexity index is 656. The van der Waals surface area contributed by atoms with Crippen LogP contribution in [0.5, 0.6) is 0 Å². The molecule has 0 bridgehead atoms. The molecule has 8 nitrogen and oxygen atoms in total. The van der Waals surface area contributed by atoms with Gasteiger partial charge in [0.05, 0.1) is 18.7 Å². The molecule has 1 aromatic heterocycles. The van der Waals surface area contributed by atoms with Crippen LogP contribution in [0.1, 0.15) is 50.4 Å². The largest absolute Gasteiger partial charge is 0.444 e. The number of aryl methyl sites for hydroxylation is 1. The van der Waals surface area contributed by atoms with Gasteiger partial charge in [0.2, 0.25) is 0 Å². The zero-order chi connectivity index (χ0) is 19.5. The Kier molecular flexibility index (Phi) is 6.68. The highest BCUT2D eigenvalue weighted by Crippen LogP contribution is 2.19. The Balaban J connectivity index is 1.98. The number of hydrogen-bond donors (Lipinski definition) is 2. The Morgan fingerprint density at radius 3 is 2.65 bits per heavy atom. The number of carbonyl (C=O) groups excluding carboxylic acids is 2. The lowest BCUT2D eigenvalue weighted by atomic mass is 10.0. The van der Waals surface area contributed by atoms with Crippen molar-refractivity contribution < 1.29 is 19.1 Å². The second-order valence-electron chi connectivity index (χ2n) is 7.28. The lowest BCUT2D eigenvalue weighted by Crippen LogP contribution is -2.56. The number of piperidine rings is 1. The number of imidazole rings is 1. The first-order chi connectivity index (χ1) is 12.1. The summed E-state index contributed by atoms with van der Waals surface area (Å²) in [6.07, 6.45) is 0.637. The minimum atomic E-state index is -0.547. The first-order valence-corrected chi connectivity index (χ1v) is 9.49. The fourth-order valence-corrected chi connectivity index (χ4v) is 3.34. The van der Waals surface area contributed by atoms with Crippen LogP contribution in [0, 0.1) is 0 Å². The van der Waals surface area contributed by atoms with Gasteiger partial charge in [-0.3, -0.25) is 4.79 Å². The van der Waals surface area contributed by atoms with Crippen molar-refractivity contribution in [3.63, 3.8) is 0 Å². The zero-order valence-electron chi connectivity index (χ0n) is 15.9.